The number of hydrogen-bond acceptors (Lipinski definition) is 7. The van der Waals surface area contributed by atoms with Crippen molar-refractivity contribution in [2.24, 2.45) is 0 Å². The summed E-state index contributed by atoms with van der Waals surface area (Å²) in [7, 11) is 3.91. The molecular formula is C20H35N7O. The van der Waals surface area contributed by atoms with E-state index in [4.69, 9.17) is 4.98 Å². The first-order valence-electron chi connectivity index (χ1n) is 10.6. The zero-order chi connectivity index (χ0) is 20.1. The van der Waals surface area contributed by atoms with Gasteiger partial charge in [0.15, 0.2) is 0 Å². The lowest BCUT2D eigenvalue weighted by molar-refractivity contribution is -0.132. The minimum Gasteiger partial charge on any atom is -0.347 e. The van der Waals surface area contributed by atoms with Crippen molar-refractivity contribution >= 4 is 17.8 Å². The summed E-state index contributed by atoms with van der Waals surface area (Å²) in [5.74, 6) is 2.82. The van der Waals surface area contributed by atoms with Crippen LogP contribution in [0.3, 0.4) is 0 Å². The maximum Gasteiger partial charge on any atom is 0.236 e. The van der Waals surface area contributed by atoms with Gasteiger partial charge >= 0.3 is 0 Å². The topological polar surface area (TPSA) is 68.7 Å². The van der Waals surface area contributed by atoms with Crippen LogP contribution in [0.5, 0.6) is 0 Å². The molecule has 2 aliphatic heterocycles. The quantitative estimate of drug-likeness (QED) is 0.757. The predicted octanol–water partition coefficient (Wildman–Crippen LogP) is 1.59. The highest BCUT2D eigenvalue weighted by molar-refractivity contribution is 5.78. The zero-order valence-electron chi connectivity index (χ0n) is 17.9. The molecule has 0 unspecified atom stereocenters. The number of nitrogens with zero attached hydrogens (tertiary/aromatic N) is 7. The second-order valence-electron chi connectivity index (χ2n) is 8.40. The van der Waals surface area contributed by atoms with Crippen molar-refractivity contribution in [1.82, 2.24) is 24.8 Å². The van der Waals surface area contributed by atoms with Gasteiger partial charge in [0.05, 0.1) is 6.54 Å². The molecule has 1 aromatic heterocycles. The fourth-order valence-corrected chi connectivity index (χ4v) is 3.69. The molecule has 0 atom stereocenters. The molecule has 1 aromatic rings. The van der Waals surface area contributed by atoms with Crippen molar-refractivity contribution in [1.29, 1.82) is 0 Å². The van der Waals surface area contributed by atoms with Gasteiger partial charge in [-0.05, 0) is 12.8 Å². The molecule has 0 spiro atoms. The Kier molecular flexibility index (Phi) is 7.04. The lowest BCUT2D eigenvalue weighted by Gasteiger charge is -2.35. The second kappa shape index (κ2) is 9.49. The van der Waals surface area contributed by atoms with E-state index in [9.17, 15) is 4.79 Å². The number of likely N-dealkylation sites (tertiary alicyclic amines) is 1. The van der Waals surface area contributed by atoms with Gasteiger partial charge in [-0.3, -0.25) is 9.69 Å². The van der Waals surface area contributed by atoms with Crippen molar-refractivity contribution in [2.75, 3.05) is 69.7 Å². The first kappa shape index (κ1) is 20.8. The predicted molar refractivity (Wildman–Crippen MR) is 112 cm³/mol. The maximum absolute atomic E-state index is 12.6. The average molecular weight is 390 g/mol. The molecular weight excluding hydrogens is 354 g/mol. The number of piperazine rings is 1. The van der Waals surface area contributed by atoms with Crippen LogP contribution in [-0.2, 0) is 4.79 Å². The summed E-state index contributed by atoms with van der Waals surface area (Å²) in [4.78, 5) is 35.0. The monoisotopic (exact) mass is 389 g/mol. The normalized spacial score (nSPS) is 19.0. The van der Waals surface area contributed by atoms with E-state index < -0.39 is 0 Å². The lowest BCUT2D eigenvalue weighted by Crippen LogP contribution is -2.50. The Morgan fingerprint density at radius 2 is 1.57 bits per heavy atom. The molecule has 0 bridgehead atoms. The fourth-order valence-electron chi connectivity index (χ4n) is 3.69. The van der Waals surface area contributed by atoms with E-state index >= 15 is 0 Å². The third-order valence-electron chi connectivity index (χ3n) is 5.52. The van der Waals surface area contributed by atoms with E-state index in [2.05, 4.69) is 38.5 Å². The average Bonchev–Trinajstić information content (AvgIpc) is 2.97. The third kappa shape index (κ3) is 5.31. The highest BCUT2D eigenvalue weighted by atomic mass is 16.2. The molecule has 28 heavy (non-hydrogen) atoms. The molecule has 2 fully saturated rings. The molecule has 1 amide bonds. The van der Waals surface area contributed by atoms with Crippen LogP contribution in [0, 0.1) is 0 Å². The summed E-state index contributed by atoms with van der Waals surface area (Å²) >= 11 is 0. The van der Waals surface area contributed by atoms with E-state index in [-0.39, 0.29) is 11.8 Å². The zero-order valence-corrected chi connectivity index (χ0v) is 17.9. The number of carbonyl (C=O) groups excluding carboxylic acids is 1. The summed E-state index contributed by atoms with van der Waals surface area (Å²) in [5, 5.41) is 0. The van der Waals surface area contributed by atoms with Gasteiger partial charge in [0.25, 0.3) is 0 Å². The van der Waals surface area contributed by atoms with Gasteiger partial charge in [-0.25, -0.2) is 0 Å². The summed E-state index contributed by atoms with van der Waals surface area (Å²) in [6.07, 6.45) is 4.79. The molecule has 3 rings (SSSR count). The third-order valence-corrected chi connectivity index (χ3v) is 5.52. The summed E-state index contributed by atoms with van der Waals surface area (Å²) in [6.45, 7) is 9.98. The Labute approximate surface area is 168 Å². The highest BCUT2D eigenvalue weighted by Crippen LogP contribution is 2.19. The molecule has 0 N–H and O–H groups in total. The SMILES string of the molecule is CC(C)c1nc(N(C)C)nc(N2CCN(CC(=O)N3CCCCCC3)CC2)n1. The Balaban J connectivity index is 1.58. The van der Waals surface area contributed by atoms with Crippen molar-refractivity contribution in [2.45, 2.75) is 45.4 Å². The van der Waals surface area contributed by atoms with Crippen LogP contribution in [-0.4, -0.2) is 90.6 Å². The molecule has 8 heteroatoms. The van der Waals surface area contributed by atoms with E-state index in [1.807, 2.05) is 19.0 Å². The largest absolute Gasteiger partial charge is 0.347 e. The van der Waals surface area contributed by atoms with Crippen molar-refractivity contribution < 1.29 is 4.79 Å². The molecule has 0 aromatic carbocycles. The Bertz CT molecular complexity index is 622. The first-order chi connectivity index (χ1) is 13.4. The summed E-state index contributed by atoms with van der Waals surface area (Å²) < 4.78 is 0. The van der Waals surface area contributed by atoms with Gasteiger partial charge in [-0.15, -0.1) is 0 Å². The van der Waals surface area contributed by atoms with Crippen molar-refractivity contribution in [3.8, 4) is 0 Å². The van der Waals surface area contributed by atoms with Crippen LogP contribution in [0.1, 0.15) is 51.3 Å². The van der Waals surface area contributed by atoms with Crippen LogP contribution in [0.15, 0.2) is 0 Å². The Hall–Kier alpha value is -1.96. The number of carbonyl (C=O) groups is 1. The van der Waals surface area contributed by atoms with Crippen LogP contribution in [0.2, 0.25) is 0 Å². The summed E-state index contributed by atoms with van der Waals surface area (Å²) in [6, 6.07) is 0. The van der Waals surface area contributed by atoms with Crippen molar-refractivity contribution in [3.63, 3.8) is 0 Å². The van der Waals surface area contributed by atoms with Gasteiger partial charge < -0.3 is 14.7 Å². The van der Waals surface area contributed by atoms with Gasteiger partial charge in [0, 0.05) is 59.3 Å². The molecule has 156 valence electrons. The molecule has 0 aliphatic carbocycles. The van der Waals surface area contributed by atoms with E-state index in [0.29, 0.717) is 12.5 Å². The van der Waals surface area contributed by atoms with Crippen LogP contribution >= 0.6 is 0 Å². The molecule has 2 saturated heterocycles. The molecule has 8 nitrogen and oxygen atoms in total. The van der Waals surface area contributed by atoms with Crippen molar-refractivity contribution in [3.05, 3.63) is 5.82 Å². The van der Waals surface area contributed by atoms with E-state index in [0.717, 1.165) is 63.9 Å². The second-order valence-corrected chi connectivity index (χ2v) is 8.40. The number of aromatic nitrogens is 3. The number of anilines is 2. The number of hydrogen-bond donors (Lipinski definition) is 0. The standard InChI is InChI=1S/C20H35N7O/c1-16(2)18-21-19(24(3)4)23-20(22-18)27-13-11-25(12-14-27)15-17(28)26-9-7-5-6-8-10-26/h16H,5-15H2,1-4H3. The Morgan fingerprint density at radius 3 is 2.14 bits per heavy atom. The Morgan fingerprint density at radius 1 is 0.929 bits per heavy atom. The molecule has 3 heterocycles. The van der Waals surface area contributed by atoms with E-state index in [1.54, 1.807) is 0 Å². The van der Waals surface area contributed by atoms with Gasteiger partial charge in [-0.1, -0.05) is 26.7 Å². The van der Waals surface area contributed by atoms with Gasteiger partial charge in [0.2, 0.25) is 17.8 Å². The minimum atomic E-state index is 0.257. The fraction of sp³-hybridized carbons (Fsp3) is 0.800. The van der Waals surface area contributed by atoms with Crippen LogP contribution in [0.4, 0.5) is 11.9 Å². The van der Waals surface area contributed by atoms with Gasteiger partial charge in [-0.2, -0.15) is 15.0 Å². The smallest absolute Gasteiger partial charge is 0.236 e. The number of rotatable bonds is 5. The minimum absolute atomic E-state index is 0.257. The molecule has 0 radical (unpaired) electrons. The van der Waals surface area contributed by atoms with Crippen LogP contribution < -0.4 is 9.80 Å². The molecule has 0 saturated carbocycles. The lowest BCUT2D eigenvalue weighted by atomic mass is 10.2. The first-order valence-corrected chi connectivity index (χ1v) is 10.6. The van der Waals surface area contributed by atoms with Crippen LogP contribution in [0.25, 0.3) is 0 Å². The molecule has 2 aliphatic rings. The maximum atomic E-state index is 12.6. The van der Waals surface area contributed by atoms with E-state index in [1.165, 1.54) is 12.8 Å². The van der Waals surface area contributed by atoms with Gasteiger partial charge in [0.1, 0.15) is 5.82 Å². The summed E-state index contributed by atoms with van der Waals surface area (Å²) in [5.41, 5.74) is 0. The highest BCUT2D eigenvalue weighted by Gasteiger charge is 2.24. The number of amides is 1.